The Labute approximate surface area is 133 Å². The Morgan fingerprint density at radius 1 is 1.26 bits per heavy atom. The molecule has 0 aliphatic heterocycles. The molecule has 0 aliphatic carbocycles. The highest BCUT2D eigenvalue weighted by Crippen LogP contribution is 2.26. The Hall–Kier alpha value is -2.42. The van der Waals surface area contributed by atoms with E-state index in [0.29, 0.717) is 12.1 Å². The van der Waals surface area contributed by atoms with E-state index in [4.69, 9.17) is 0 Å². The number of hydrogen-bond acceptors (Lipinski definition) is 5. The number of likely N-dealkylation sites (N-methyl/N-ethyl adjacent to an activating group) is 1. The molecular formula is C14H11F3N2O3S. The first-order valence-electron chi connectivity index (χ1n) is 6.24. The molecule has 1 aromatic heterocycles. The number of halogens is 3. The monoisotopic (exact) mass is 344 g/mol. The smallest absolute Gasteiger partial charge is 0.333 e. The van der Waals surface area contributed by atoms with Crippen LogP contribution in [-0.4, -0.2) is 35.9 Å². The maximum atomic E-state index is 13.4. The summed E-state index contributed by atoms with van der Waals surface area (Å²) in [5.74, 6) is -6.18. The minimum Gasteiger partial charge on any atom is -0.467 e. The molecule has 0 N–H and O–H groups in total. The molecule has 1 aromatic carbocycles. The fraction of sp³-hybridized carbons (Fsp3) is 0.214. The highest BCUT2D eigenvalue weighted by Gasteiger charge is 2.32. The van der Waals surface area contributed by atoms with Crippen molar-refractivity contribution in [1.82, 2.24) is 9.88 Å². The molecule has 9 heteroatoms. The molecule has 0 spiro atoms. The van der Waals surface area contributed by atoms with Gasteiger partial charge in [-0.25, -0.2) is 22.9 Å². The van der Waals surface area contributed by atoms with Gasteiger partial charge in [-0.05, 0) is 17.7 Å². The Bertz CT molecular complexity index is 714. The van der Waals surface area contributed by atoms with Crippen molar-refractivity contribution in [3.63, 3.8) is 0 Å². The number of carbonyl (C=O) groups is 2. The van der Waals surface area contributed by atoms with E-state index < -0.39 is 35.4 Å². The van der Waals surface area contributed by atoms with Crippen LogP contribution in [0.15, 0.2) is 23.0 Å². The number of carbonyl (C=O) groups excluding carboxylic acids is 2. The highest BCUT2D eigenvalue weighted by molar-refractivity contribution is 7.07. The average Bonchev–Trinajstić information content (AvgIpc) is 3.05. The third-order valence-corrected chi connectivity index (χ3v) is 3.69. The molecule has 0 radical (unpaired) electrons. The highest BCUT2D eigenvalue weighted by atomic mass is 32.1. The molecule has 0 bridgehead atoms. The Kier molecular flexibility index (Phi) is 4.99. The summed E-state index contributed by atoms with van der Waals surface area (Å²) in [6.45, 7) is 0. The first kappa shape index (κ1) is 16.9. The summed E-state index contributed by atoms with van der Waals surface area (Å²) >= 11 is 1.17. The number of aromatic nitrogens is 1. The fourth-order valence-electron chi connectivity index (χ4n) is 1.98. The van der Waals surface area contributed by atoms with Crippen LogP contribution < -0.4 is 0 Å². The van der Waals surface area contributed by atoms with E-state index in [0.717, 1.165) is 12.0 Å². The summed E-state index contributed by atoms with van der Waals surface area (Å²) in [5.41, 5.74) is 1.24. The van der Waals surface area contributed by atoms with Crippen molar-refractivity contribution in [2.75, 3.05) is 14.2 Å². The molecule has 5 nitrogen and oxygen atoms in total. The molecule has 0 saturated heterocycles. The zero-order valence-electron chi connectivity index (χ0n) is 12.0. The van der Waals surface area contributed by atoms with E-state index in [2.05, 4.69) is 9.72 Å². The van der Waals surface area contributed by atoms with Gasteiger partial charge in [0.05, 0.1) is 12.6 Å². The summed E-state index contributed by atoms with van der Waals surface area (Å²) in [5, 5.41) is 1.46. The summed E-state index contributed by atoms with van der Waals surface area (Å²) in [6, 6.07) is -0.158. The van der Waals surface area contributed by atoms with E-state index in [1.165, 1.54) is 29.3 Å². The molecule has 2 aromatic rings. The van der Waals surface area contributed by atoms with E-state index >= 15 is 0 Å². The van der Waals surface area contributed by atoms with Gasteiger partial charge in [0.25, 0.3) is 5.91 Å². The van der Waals surface area contributed by atoms with Crippen LogP contribution in [0.3, 0.4) is 0 Å². The van der Waals surface area contributed by atoms with Gasteiger partial charge >= 0.3 is 5.97 Å². The Balaban J connectivity index is 2.45. The lowest BCUT2D eigenvalue weighted by Crippen LogP contribution is -2.37. The summed E-state index contributed by atoms with van der Waals surface area (Å²) < 4.78 is 44.5. The standard InChI is InChI=1S/C14H11F3N2O3S/c1-19(13(20)10-5-23-6-18-10)12(14(21)22-2)7-3-8(15)11(17)9(16)4-7/h3-6,12H,1-2H3/t12-/m0/s1. The van der Waals surface area contributed by atoms with Crippen LogP contribution in [0.2, 0.25) is 0 Å². The van der Waals surface area contributed by atoms with Crippen LogP contribution in [-0.2, 0) is 9.53 Å². The second kappa shape index (κ2) is 6.78. The number of hydrogen-bond donors (Lipinski definition) is 0. The minimum atomic E-state index is -1.66. The maximum Gasteiger partial charge on any atom is 0.333 e. The number of esters is 1. The third kappa shape index (κ3) is 3.34. The molecule has 1 amide bonds. The zero-order chi connectivity index (χ0) is 17.1. The van der Waals surface area contributed by atoms with Crippen LogP contribution >= 0.6 is 11.3 Å². The number of benzene rings is 1. The number of thiazole rings is 1. The molecule has 1 atom stereocenters. The fourth-order valence-corrected chi connectivity index (χ4v) is 2.50. The van der Waals surface area contributed by atoms with Crippen LogP contribution in [0, 0.1) is 17.5 Å². The molecule has 2 rings (SSSR count). The van der Waals surface area contributed by atoms with Gasteiger partial charge in [0.2, 0.25) is 0 Å². The summed E-state index contributed by atoms with van der Waals surface area (Å²) in [6.07, 6.45) is 0. The number of ether oxygens (including phenoxy) is 1. The first-order chi connectivity index (χ1) is 10.9. The van der Waals surface area contributed by atoms with E-state index in [1.54, 1.807) is 0 Å². The molecule has 122 valence electrons. The molecule has 0 aliphatic rings. The van der Waals surface area contributed by atoms with Gasteiger partial charge < -0.3 is 9.64 Å². The van der Waals surface area contributed by atoms with Crippen molar-refractivity contribution in [3.05, 3.63) is 51.7 Å². The van der Waals surface area contributed by atoms with Gasteiger partial charge in [-0.15, -0.1) is 11.3 Å². The van der Waals surface area contributed by atoms with Gasteiger partial charge in [0, 0.05) is 12.4 Å². The largest absolute Gasteiger partial charge is 0.467 e. The van der Waals surface area contributed by atoms with Crippen molar-refractivity contribution in [1.29, 1.82) is 0 Å². The number of rotatable bonds is 4. The van der Waals surface area contributed by atoms with E-state index in [9.17, 15) is 22.8 Å². The predicted octanol–water partition coefficient (Wildman–Crippen LogP) is 2.55. The second-order valence-corrected chi connectivity index (χ2v) is 5.23. The maximum absolute atomic E-state index is 13.4. The third-order valence-electron chi connectivity index (χ3n) is 3.11. The number of methoxy groups -OCH3 is 1. The van der Waals surface area contributed by atoms with Crippen molar-refractivity contribution >= 4 is 23.2 Å². The molecule has 1 heterocycles. The molecule has 0 unspecified atom stereocenters. The molecule has 0 saturated carbocycles. The van der Waals surface area contributed by atoms with Crippen LogP contribution in [0.1, 0.15) is 22.1 Å². The Morgan fingerprint density at radius 2 is 1.87 bits per heavy atom. The summed E-state index contributed by atoms with van der Waals surface area (Å²) in [7, 11) is 2.31. The van der Waals surface area contributed by atoms with Gasteiger partial charge in [-0.1, -0.05) is 0 Å². The summed E-state index contributed by atoms with van der Waals surface area (Å²) in [4.78, 5) is 29.0. The van der Waals surface area contributed by atoms with Crippen LogP contribution in [0.5, 0.6) is 0 Å². The second-order valence-electron chi connectivity index (χ2n) is 4.51. The van der Waals surface area contributed by atoms with Crippen molar-refractivity contribution in [2.24, 2.45) is 0 Å². The SMILES string of the molecule is COC(=O)[C@H](c1cc(F)c(F)c(F)c1)N(C)C(=O)c1cscn1. The Morgan fingerprint density at radius 3 is 2.35 bits per heavy atom. The lowest BCUT2D eigenvalue weighted by atomic mass is 10.0. The van der Waals surface area contributed by atoms with Gasteiger partial charge in [0.15, 0.2) is 23.5 Å². The van der Waals surface area contributed by atoms with Crippen molar-refractivity contribution < 1.29 is 27.5 Å². The van der Waals surface area contributed by atoms with Crippen LogP contribution in [0.25, 0.3) is 0 Å². The lowest BCUT2D eigenvalue weighted by molar-refractivity contribution is -0.145. The molecule has 0 fully saturated rings. The molecular weight excluding hydrogens is 333 g/mol. The lowest BCUT2D eigenvalue weighted by Gasteiger charge is -2.26. The number of nitrogens with zero attached hydrogens (tertiary/aromatic N) is 2. The van der Waals surface area contributed by atoms with E-state index in [-0.39, 0.29) is 11.3 Å². The van der Waals surface area contributed by atoms with Gasteiger partial charge in [-0.3, -0.25) is 4.79 Å². The average molecular weight is 344 g/mol. The first-order valence-corrected chi connectivity index (χ1v) is 7.18. The van der Waals surface area contributed by atoms with Crippen molar-refractivity contribution in [3.8, 4) is 0 Å². The predicted molar refractivity (Wildman–Crippen MR) is 75.3 cm³/mol. The topological polar surface area (TPSA) is 59.5 Å². The molecule has 23 heavy (non-hydrogen) atoms. The normalized spacial score (nSPS) is 11.9. The van der Waals surface area contributed by atoms with Crippen LogP contribution in [0.4, 0.5) is 13.2 Å². The van der Waals surface area contributed by atoms with Crippen molar-refractivity contribution in [2.45, 2.75) is 6.04 Å². The number of amides is 1. The van der Waals surface area contributed by atoms with Gasteiger partial charge in [0.1, 0.15) is 5.69 Å². The minimum absolute atomic E-state index is 0.0643. The van der Waals surface area contributed by atoms with Gasteiger partial charge in [-0.2, -0.15) is 0 Å². The van der Waals surface area contributed by atoms with E-state index in [1.807, 2.05) is 0 Å². The quantitative estimate of drug-likeness (QED) is 0.632. The zero-order valence-corrected chi connectivity index (χ0v) is 12.9.